The maximum absolute atomic E-state index is 12.9. The number of benzene rings is 2. The second-order valence-corrected chi connectivity index (χ2v) is 7.95. The molecular weight excluding hydrogens is 366 g/mol. The summed E-state index contributed by atoms with van der Waals surface area (Å²) in [6.07, 6.45) is 2.92. The molecule has 1 aliphatic heterocycles. The Morgan fingerprint density at radius 1 is 0.931 bits per heavy atom. The number of likely N-dealkylation sites (tertiary alicyclic amines) is 1. The number of carbonyl (C=O) groups excluding carboxylic acids is 3. The van der Waals surface area contributed by atoms with E-state index in [9.17, 15) is 14.4 Å². The highest BCUT2D eigenvalue weighted by Crippen LogP contribution is 2.36. The number of primary amides is 1. The van der Waals surface area contributed by atoms with Crippen molar-refractivity contribution in [1.82, 2.24) is 4.90 Å². The van der Waals surface area contributed by atoms with Crippen LogP contribution in [0, 0.1) is 5.92 Å². The van der Waals surface area contributed by atoms with Gasteiger partial charge in [-0.15, -0.1) is 0 Å². The topological polar surface area (TPSA) is 92.5 Å². The first kappa shape index (κ1) is 19.2. The maximum Gasteiger partial charge on any atom is 0.253 e. The number of nitrogens with one attached hydrogen (secondary N) is 1. The zero-order chi connectivity index (χ0) is 20.4. The molecule has 6 heteroatoms. The van der Waals surface area contributed by atoms with Gasteiger partial charge >= 0.3 is 0 Å². The molecule has 2 aromatic carbocycles. The minimum Gasteiger partial charge on any atom is -0.369 e. The molecule has 0 bridgehead atoms. The fraction of sp³-hybridized carbons (Fsp3) is 0.348. The van der Waals surface area contributed by atoms with Crippen LogP contribution in [0.25, 0.3) is 0 Å². The van der Waals surface area contributed by atoms with E-state index in [0.717, 1.165) is 18.4 Å². The summed E-state index contributed by atoms with van der Waals surface area (Å²) in [5, 5.41) is 2.88. The summed E-state index contributed by atoms with van der Waals surface area (Å²) >= 11 is 0. The largest absolute Gasteiger partial charge is 0.369 e. The molecule has 0 aromatic heterocycles. The molecule has 4 rings (SSSR count). The molecule has 0 unspecified atom stereocenters. The van der Waals surface area contributed by atoms with Gasteiger partial charge in [-0.05, 0) is 55.5 Å². The average molecular weight is 391 g/mol. The number of piperidine rings is 1. The molecule has 2 aromatic rings. The molecule has 1 saturated heterocycles. The van der Waals surface area contributed by atoms with Gasteiger partial charge in [0.1, 0.15) is 0 Å². The summed E-state index contributed by atoms with van der Waals surface area (Å²) < 4.78 is 0. The van der Waals surface area contributed by atoms with Gasteiger partial charge in [-0.3, -0.25) is 14.4 Å². The highest BCUT2D eigenvalue weighted by Gasteiger charge is 2.42. The molecule has 3 amide bonds. The van der Waals surface area contributed by atoms with Gasteiger partial charge in [-0.2, -0.15) is 0 Å². The Morgan fingerprint density at radius 3 is 2.10 bits per heavy atom. The van der Waals surface area contributed by atoms with Crippen LogP contribution in [0.4, 0.5) is 5.69 Å². The minimum atomic E-state index is -0.727. The molecule has 3 N–H and O–H groups in total. The van der Waals surface area contributed by atoms with E-state index in [1.807, 2.05) is 30.3 Å². The number of nitrogens with two attached hydrogens (primary N) is 1. The van der Waals surface area contributed by atoms with Gasteiger partial charge in [0.2, 0.25) is 11.8 Å². The van der Waals surface area contributed by atoms with Crippen LogP contribution in [0.1, 0.15) is 41.6 Å². The van der Waals surface area contributed by atoms with Crippen molar-refractivity contribution in [2.45, 2.75) is 31.1 Å². The van der Waals surface area contributed by atoms with Crippen molar-refractivity contribution in [2.24, 2.45) is 11.7 Å². The molecule has 1 saturated carbocycles. The Morgan fingerprint density at radius 2 is 1.55 bits per heavy atom. The van der Waals surface area contributed by atoms with E-state index in [0.29, 0.717) is 37.2 Å². The summed E-state index contributed by atoms with van der Waals surface area (Å²) in [5.74, 6) is -0.230. The highest BCUT2D eigenvalue weighted by atomic mass is 16.2. The molecule has 2 fully saturated rings. The molecule has 1 heterocycles. The van der Waals surface area contributed by atoms with Crippen LogP contribution in [0.5, 0.6) is 0 Å². The van der Waals surface area contributed by atoms with Crippen LogP contribution in [-0.2, 0) is 15.0 Å². The van der Waals surface area contributed by atoms with Crippen LogP contribution < -0.4 is 11.1 Å². The number of hydrogen-bond acceptors (Lipinski definition) is 3. The van der Waals surface area contributed by atoms with Gasteiger partial charge < -0.3 is 16.0 Å². The lowest BCUT2D eigenvalue weighted by molar-refractivity contribution is -0.125. The number of hydrogen-bond donors (Lipinski definition) is 2. The van der Waals surface area contributed by atoms with Crippen molar-refractivity contribution in [2.75, 3.05) is 18.4 Å². The predicted molar refractivity (Wildman–Crippen MR) is 110 cm³/mol. The summed E-state index contributed by atoms with van der Waals surface area (Å²) in [5.41, 5.74) is 7.23. The van der Waals surface area contributed by atoms with E-state index in [4.69, 9.17) is 5.73 Å². The first-order chi connectivity index (χ1) is 14.0. The molecule has 1 aliphatic carbocycles. The van der Waals surface area contributed by atoms with Crippen LogP contribution in [0.2, 0.25) is 0 Å². The monoisotopic (exact) mass is 391 g/mol. The lowest BCUT2D eigenvalue weighted by atomic mass is 9.72. The van der Waals surface area contributed by atoms with Crippen molar-refractivity contribution >= 4 is 23.4 Å². The zero-order valence-electron chi connectivity index (χ0n) is 16.3. The van der Waals surface area contributed by atoms with Crippen LogP contribution in [0.15, 0.2) is 54.6 Å². The number of anilines is 1. The molecule has 0 radical (unpaired) electrons. The molecule has 0 atom stereocenters. The Balaban J connectivity index is 1.42. The maximum atomic E-state index is 12.9. The van der Waals surface area contributed by atoms with E-state index in [1.165, 1.54) is 0 Å². The second-order valence-electron chi connectivity index (χ2n) is 7.95. The van der Waals surface area contributed by atoms with Gasteiger partial charge in [0.25, 0.3) is 5.91 Å². The molecule has 29 heavy (non-hydrogen) atoms. The quantitative estimate of drug-likeness (QED) is 0.821. The van der Waals surface area contributed by atoms with Crippen molar-refractivity contribution < 1.29 is 14.4 Å². The van der Waals surface area contributed by atoms with E-state index in [2.05, 4.69) is 5.32 Å². The lowest BCUT2D eigenvalue weighted by Crippen LogP contribution is -2.51. The van der Waals surface area contributed by atoms with E-state index < -0.39 is 5.41 Å². The first-order valence-corrected chi connectivity index (χ1v) is 10.1. The SMILES string of the molecule is NC(=O)C1(c2ccccc2)CCN(C(=O)c2ccc(NC(=O)C3CC3)cc2)CC1. The lowest BCUT2D eigenvalue weighted by Gasteiger charge is -2.40. The summed E-state index contributed by atoms with van der Waals surface area (Å²) in [6, 6.07) is 16.6. The van der Waals surface area contributed by atoms with Crippen LogP contribution >= 0.6 is 0 Å². The average Bonchev–Trinajstić information content (AvgIpc) is 3.60. The smallest absolute Gasteiger partial charge is 0.253 e. The Hall–Kier alpha value is -3.15. The van der Waals surface area contributed by atoms with Crippen molar-refractivity contribution in [3.8, 4) is 0 Å². The van der Waals surface area contributed by atoms with E-state index >= 15 is 0 Å². The van der Waals surface area contributed by atoms with Crippen LogP contribution in [-0.4, -0.2) is 35.7 Å². The minimum absolute atomic E-state index is 0.0452. The van der Waals surface area contributed by atoms with Gasteiger partial charge in [0.05, 0.1) is 5.41 Å². The van der Waals surface area contributed by atoms with Gasteiger partial charge in [-0.1, -0.05) is 30.3 Å². The zero-order valence-corrected chi connectivity index (χ0v) is 16.3. The van der Waals surface area contributed by atoms with E-state index in [-0.39, 0.29) is 23.6 Å². The fourth-order valence-electron chi connectivity index (χ4n) is 3.99. The van der Waals surface area contributed by atoms with Gasteiger partial charge in [-0.25, -0.2) is 0 Å². The second kappa shape index (κ2) is 7.70. The molecule has 0 spiro atoms. The Kier molecular flexibility index (Phi) is 5.09. The first-order valence-electron chi connectivity index (χ1n) is 10.1. The third kappa shape index (κ3) is 3.88. The van der Waals surface area contributed by atoms with Crippen molar-refractivity contribution in [3.05, 3.63) is 65.7 Å². The summed E-state index contributed by atoms with van der Waals surface area (Å²) in [7, 11) is 0. The van der Waals surface area contributed by atoms with Crippen molar-refractivity contribution in [3.63, 3.8) is 0 Å². The van der Waals surface area contributed by atoms with Gasteiger partial charge in [0.15, 0.2) is 0 Å². The van der Waals surface area contributed by atoms with E-state index in [1.54, 1.807) is 29.2 Å². The predicted octanol–water partition coefficient (Wildman–Crippen LogP) is 2.69. The number of carbonyl (C=O) groups is 3. The summed E-state index contributed by atoms with van der Waals surface area (Å²) in [6.45, 7) is 0.938. The van der Waals surface area contributed by atoms with Gasteiger partial charge in [0, 0.05) is 30.3 Å². The highest BCUT2D eigenvalue weighted by molar-refractivity contribution is 5.97. The summed E-state index contributed by atoms with van der Waals surface area (Å²) in [4.78, 5) is 38.8. The number of amides is 3. The molecule has 2 aliphatic rings. The molecule has 150 valence electrons. The fourth-order valence-corrected chi connectivity index (χ4v) is 3.99. The molecule has 6 nitrogen and oxygen atoms in total. The number of rotatable bonds is 5. The van der Waals surface area contributed by atoms with Crippen LogP contribution in [0.3, 0.4) is 0 Å². The van der Waals surface area contributed by atoms with Crippen molar-refractivity contribution in [1.29, 1.82) is 0 Å². The standard InChI is InChI=1S/C23H25N3O3/c24-22(29)23(18-4-2-1-3-5-18)12-14-26(15-13-23)21(28)17-8-10-19(11-9-17)25-20(27)16-6-7-16/h1-5,8-11,16H,6-7,12-15H2,(H2,24,29)(H,25,27). The Labute approximate surface area is 170 Å². The Bertz CT molecular complexity index is 912. The number of nitrogens with zero attached hydrogens (tertiary/aromatic N) is 1. The molecular formula is C23H25N3O3. The normalized spacial score (nSPS) is 18.1. The third-order valence-electron chi connectivity index (χ3n) is 6.05. The third-order valence-corrected chi connectivity index (χ3v) is 6.05.